The van der Waals surface area contributed by atoms with Crippen LogP contribution < -0.4 is 4.74 Å². The van der Waals surface area contributed by atoms with Gasteiger partial charge in [-0.05, 0) is 71.5 Å². The number of hydrogen-bond acceptors (Lipinski definition) is 5. The number of nitrogens with zero attached hydrogens (tertiary/aromatic N) is 2. The molecule has 0 aliphatic carbocycles. The topological polar surface area (TPSA) is 71.4 Å². The Hall–Kier alpha value is -3.94. The average molecular weight is 640 g/mol. The van der Waals surface area contributed by atoms with Crippen molar-refractivity contribution in [2.75, 3.05) is 26.3 Å². The zero-order valence-electron chi connectivity index (χ0n) is 24.0. The van der Waals surface area contributed by atoms with E-state index in [9.17, 15) is 4.79 Å². The predicted octanol–water partition coefficient (Wildman–Crippen LogP) is 7.00. The molecule has 1 N–H and O–H groups in total. The third-order valence-corrected chi connectivity index (χ3v) is 8.64. The Morgan fingerprint density at radius 3 is 2.21 bits per heavy atom. The number of aliphatic hydroxyl groups is 1. The smallest absolute Gasteiger partial charge is 0.255 e. The van der Waals surface area contributed by atoms with Crippen molar-refractivity contribution in [1.82, 2.24) is 4.90 Å². The van der Waals surface area contributed by atoms with Crippen LogP contribution in [0.3, 0.4) is 0 Å². The van der Waals surface area contributed by atoms with Crippen LogP contribution in [0.4, 0.5) is 0 Å². The number of halogens is 1. The second kappa shape index (κ2) is 13.1. The first kappa shape index (κ1) is 29.1. The molecule has 4 aromatic rings. The molecule has 0 saturated carbocycles. The molecule has 2 aliphatic rings. The van der Waals surface area contributed by atoms with Crippen molar-refractivity contribution >= 4 is 27.7 Å². The van der Waals surface area contributed by atoms with Gasteiger partial charge in [0, 0.05) is 42.6 Å². The Labute approximate surface area is 261 Å². The minimum absolute atomic E-state index is 0.00371. The third-order valence-electron chi connectivity index (χ3n) is 8.11. The van der Waals surface area contributed by atoms with Crippen LogP contribution in [0.15, 0.2) is 113 Å². The van der Waals surface area contributed by atoms with Crippen LogP contribution in [0, 0.1) is 0 Å². The van der Waals surface area contributed by atoms with Gasteiger partial charge in [0.1, 0.15) is 5.75 Å². The summed E-state index contributed by atoms with van der Waals surface area (Å²) in [7, 11) is 0. The van der Waals surface area contributed by atoms with E-state index in [1.165, 1.54) is 0 Å². The minimum Gasteiger partial charge on any atom is -0.494 e. The van der Waals surface area contributed by atoms with E-state index in [0.29, 0.717) is 31.1 Å². The summed E-state index contributed by atoms with van der Waals surface area (Å²) < 4.78 is 13.4. The second-order valence-electron chi connectivity index (χ2n) is 11.1. The van der Waals surface area contributed by atoms with Crippen LogP contribution in [0.1, 0.15) is 42.1 Å². The number of carbonyl (C=O) groups is 1. The largest absolute Gasteiger partial charge is 0.494 e. The number of hydrogen-bond donors (Lipinski definition) is 1. The molecule has 6 nitrogen and oxygen atoms in total. The van der Waals surface area contributed by atoms with Crippen molar-refractivity contribution in [2.45, 2.75) is 37.3 Å². The Morgan fingerprint density at radius 2 is 1.53 bits per heavy atom. The SMILES string of the molecule is O=C(N1CCCC1)[C@]1(Cc2ccc(Br)cc2)N=C(c2ccc(OCCCO)cc2)O[C@@H]1c1ccc(-c2ccccc2)cc1. The van der Waals surface area contributed by atoms with E-state index in [4.69, 9.17) is 19.6 Å². The standard InChI is InChI=1S/C36H35BrN2O4/c37-31-17-9-26(10-18-31)25-36(35(41)39-21-4-5-22-39)33(29-13-11-28(12-14-29)27-7-2-1-3-8-27)43-34(38-36)30-15-19-32(20-16-30)42-24-6-23-40/h1-3,7-20,33,40H,4-6,21-25H2/t33-,36-/m1/s1. The summed E-state index contributed by atoms with van der Waals surface area (Å²) in [4.78, 5) is 21.7. The molecule has 4 aromatic carbocycles. The molecular formula is C36H35BrN2O4. The van der Waals surface area contributed by atoms with Crippen molar-refractivity contribution in [2.24, 2.45) is 4.99 Å². The third kappa shape index (κ3) is 6.38. The fourth-order valence-electron chi connectivity index (χ4n) is 5.86. The molecule has 0 spiro atoms. The van der Waals surface area contributed by atoms with Crippen LogP contribution in [-0.2, 0) is 16.0 Å². The first-order valence-electron chi connectivity index (χ1n) is 14.9. The lowest BCUT2D eigenvalue weighted by Crippen LogP contribution is -2.50. The number of likely N-dealkylation sites (tertiary alicyclic amines) is 1. The van der Waals surface area contributed by atoms with E-state index in [1.54, 1.807) is 0 Å². The Balaban J connectivity index is 1.41. The van der Waals surface area contributed by atoms with Crippen LogP contribution in [0.5, 0.6) is 5.75 Å². The van der Waals surface area contributed by atoms with Gasteiger partial charge in [-0.3, -0.25) is 4.79 Å². The lowest BCUT2D eigenvalue weighted by molar-refractivity contribution is -0.138. The van der Waals surface area contributed by atoms with Gasteiger partial charge in [-0.15, -0.1) is 0 Å². The summed E-state index contributed by atoms with van der Waals surface area (Å²) >= 11 is 3.54. The van der Waals surface area contributed by atoms with Gasteiger partial charge in [0.2, 0.25) is 5.90 Å². The highest BCUT2D eigenvalue weighted by Gasteiger charge is 2.55. The molecule has 2 heterocycles. The fourth-order valence-corrected chi connectivity index (χ4v) is 6.12. The number of benzene rings is 4. The van der Waals surface area contributed by atoms with Crippen LogP contribution >= 0.6 is 15.9 Å². The molecule has 2 aliphatic heterocycles. The average Bonchev–Trinajstić information content (AvgIpc) is 3.73. The molecule has 1 amide bonds. The number of rotatable bonds is 10. The van der Waals surface area contributed by atoms with Crippen molar-refractivity contribution < 1.29 is 19.4 Å². The molecule has 0 radical (unpaired) electrons. The zero-order valence-corrected chi connectivity index (χ0v) is 25.6. The number of aliphatic imine (C=N–C) groups is 1. The van der Waals surface area contributed by atoms with Crippen molar-refractivity contribution in [3.63, 3.8) is 0 Å². The van der Waals surface area contributed by atoms with Crippen LogP contribution in [0.25, 0.3) is 11.1 Å². The summed E-state index contributed by atoms with van der Waals surface area (Å²) in [6, 6.07) is 34.3. The molecular weight excluding hydrogens is 604 g/mol. The number of aliphatic hydroxyl groups excluding tert-OH is 1. The molecule has 0 unspecified atom stereocenters. The first-order valence-corrected chi connectivity index (χ1v) is 15.6. The summed E-state index contributed by atoms with van der Waals surface area (Å²) in [6.45, 7) is 1.98. The molecule has 43 heavy (non-hydrogen) atoms. The first-order chi connectivity index (χ1) is 21.1. The second-order valence-corrected chi connectivity index (χ2v) is 12.0. The van der Waals surface area contributed by atoms with E-state index in [-0.39, 0.29) is 12.5 Å². The number of amides is 1. The lowest BCUT2D eigenvalue weighted by atomic mass is 9.81. The fraction of sp³-hybridized carbons (Fsp3) is 0.278. The van der Waals surface area contributed by atoms with Gasteiger partial charge in [0.25, 0.3) is 5.91 Å². The molecule has 1 saturated heterocycles. The quantitative estimate of drug-likeness (QED) is 0.190. The molecule has 2 atom stereocenters. The van der Waals surface area contributed by atoms with Crippen molar-refractivity contribution in [3.8, 4) is 16.9 Å². The maximum absolute atomic E-state index is 14.6. The zero-order chi connectivity index (χ0) is 29.6. The Morgan fingerprint density at radius 1 is 0.884 bits per heavy atom. The molecule has 6 rings (SSSR count). The van der Waals surface area contributed by atoms with Crippen LogP contribution in [0.2, 0.25) is 0 Å². The summed E-state index contributed by atoms with van der Waals surface area (Å²) in [5, 5.41) is 9.07. The molecule has 220 valence electrons. The molecule has 0 aromatic heterocycles. The molecule has 1 fully saturated rings. The molecule has 0 bridgehead atoms. The van der Waals surface area contributed by atoms with Crippen molar-refractivity contribution in [1.29, 1.82) is 0 Å². The van der Waals surface area contributed by atoms with Crippen LogP contribution in [-0.4, -0.2) is 53.7 Å². The van der Waals surface area contributed by atoms with E-state index < -0.39 is 11.6 Å². The van der Waals surface area contributed by atoms with Gasteiger partial charge < -0.3 is 19.5 Å². The van der Waals surface area contributed by atoms with Gasteiger partial charge in [-0.2, -0.15) is 0 Å². The van der Waals surface area contributed by atoms with E-state index in [0.717, 1.165) is 58.2 Å². The number of ether oxygens (including phenoxy) is 2. The van der Waals surface area contributed by atoms with E-state index in [1.807, 2.05) is 71.6 Å². The Bertz CT molecular complexity index is 1550. The van der Waals surface area contributed by atoms with Crippen molar-refractivity contribution in [3.05, 3.63) is 124 Å². The Kier molecular flexibility index (Phi) is 8.91. The van der Waals surface area contributed by atoms with Gasteiger partial charge in [0.05, 0.1) is 6.61 Å². The predicted molar refractivity (Wildman–Crippen MR) is 172 cm³/mol. The summed E-state index contributed by atoms with van der Waals surface area (Å²) in [6.07, 6.45) is 2.35. The highest BCUT2D eigenvalue weighted by atomic mass is 79.9. The normalized spacial score (nSPS) is 19.6. The highest BCUT2D eigenvalue weighted by Crippen LogP contribution is 2.44. The lowest BCUT2D eigenvalue weighted by Gasteiger charge is -2.34. The maximum Gasteiger partial charge on any atom is 0.255 e. The van der Waals surface area contributed by atoms with E-state index >= 15 is 0 Å². The van der Waals surface area contributed by atoms with Gasteiger partial charge in [0.15, 0.2) is 11.6 Å². The molecule has 7 heteroatoms. The van der Waals surface area contributed by atoms with Gasteiger partial charge in [-0.25, -0.2) is 4.99 Å². The maximum atomic E-state index is 14.6. The minimum atomic E-state index is -1.17. The van der Waals surface area contributed by atoms with E-state index in [2.05, 4.69) is 52.3 Å². The summed E-state index contributed by atoms with van der Waals surface area (Å²) in [5.41, 5.74) is 3.78. The van der Waals surface area contributed by atoms with Gasteiger partial charge >= 0.3 is 0 Å². The van der Waals surface area contributed by atoms with Gasteiger partial charge in [-0.1, -0.05) is 82.7 Å². The number of carbonyl (C=O) groups excluding carboxylic acids is 1. The summed E-state index contributed by atoms with van der Waals surface area (Å²) in [5.74, 6) is 1.16. The highest BCUT2D eigenvalue weighted by molar-refractivity contribution is 9.10. The monoisotopic (exact) mass is 638 g/mol.